The molecule has 80 valence electrons. The molecular weight excluding hydrogens is 188 g/mol. The first kappa shape index (κ1) is 10.4. The van der Waals surface area contributed by atoms with Crippen molar-refractivity contribution in [1.82, 2.24) is 0 Å². The van der Waals surface area contributed by atoms with Crippen LogP contribution in [-0.2, 0) is 0 Å². The number of Topliss-reactive ketones (excluding diaryl/α,β-unsaturated/α-hetero) is 1. The van der Waals surface area contributed by atoms with Crippen LogP contribution in [0.1, 0.15) is 24.2 Å². The third-order valence-corrected chi connectivity index (χ3v) is 3.59. The van der Waals surface area contributed by atoms with Crippen LogP contribution in [-0.4, -0.2) is 17.5 Å². The molecule has 1 aromatic carbocycles. The topological polar surface area (TPSA) is 37.3 Å². The maximum absolute atomic E-state index is 12.1. The van der Waals surface area contributed by atoms with Crippen LogP contribution in [0.2, 0.25) is 0 Å². The van der Waals surface area contributed by atoms with Crippen LogP contribution in [0.4, 0.5) is 0 Å². The summed E-state index contributed by atoms with van der Waals surface area (Å²) in [5, 5.41) is 9.16. The lowest BCUT2D eigenvalue weighted by Crippen LogP contribution is -2.06. The van der Waals surface area contributed by atoms with Crippen LogP contribution in [0, 0.1) is 17.3 Å². The Bertz CT molecular complexity index is 367. The zero-order valence-corrected chi connectivity index (χ0v) is 9.10. The summed E-state index contributed by atoms with van der Waals surface area (Å²) < 4.78 is 0. The molecule has 0 saturated heterocycles. The number of hydrogen-bond donors (Lipinski definition) is 1. The van der Waals surface area contributed by atoms with Crippen molar-refractivity contribution in [2.24, 2.45) is 17.3 Å². The van der Waals surface area contributed by atoms with Gasteiger partial charge in [-0.2, -0.15) is 0 Å². The van der Waals surface area contributed by atoms with Crippen molar-refractivity contribution in [3.63, 3.8) is 0 Å². The van der Waals surface area contributed by atoms with E-state index in [0.717, 1.165) is 5.56 Å². The maximum atomic E-state index is 12.1. The van der Waals surface area contributed by atoms with E-state index in [1.54, 1.807) is 0 Å². The molecule has 0 heterocycles. The lowest BCUT2D eigenvalue weighted by molar-refractivity contribution is 0.0945. The van der Waals surface area contributed by atoms with E-state index in [1.165, 1.54) is 0 Å². The van der Waals surface area contributed by atoms with Gasteiger partial charge in [-0.25, -0.2) is 0 Å². The Kier molecular flexibility index (Phi) is 2.39. The molecule has 1 aliphatic rings. The fourth-order valence-corrected chi connectivity index (χ4v) is 2.39. The first-order valence-corrected chi connectivity index (χ1v) is 5.29. The van der Waals surface area contributed by atoms with E-state index in [2.05, 4.69) is 0 Å². The highest BCUT2D eigenvalue weighted by Gasteiger charge is 2.60. The minimum atomic E-state index is -0.0400. The Morgan fingerprint density at radius 2 is 1.93 bits per heavy atom. The monoisotopic (exact) mass is 204 g/mol. The molecule has 2 rings (SSSR count). The van der Waals surface area contributed by atoms with Gasteiger partial charge in [0.25, 0.3) is 0 Å². The van der Waals surface area contributed by atoms with Crippen LogP contribution >= 0.6 is 0 Å². The van der Waals surface area contributed by atoms with Gasteiger partial charge in [0.2, 0.25) is 0 Å². The Morgan fingerprint density at radius 3 is 2.40 bits per heavy atom. The van der Waals surface area contributed by atoms with Crippen molar-refractivity contribution in [2.75, 3.05) is 6.61 Å². The predicted octanol–water partition coefficient (Wildman–Crippen LogP) is 2.13. The predicted molar refractivity (Wildman–Crippen MR) is 58.6 cm³/mol. The van der Waals surface area contributed by atoms with Crippen molar-refractivity contribution in [3.8, 4) is 0 Å². The number of aliphatic hydroxyl groups excluding tert-OH is 1. The summed E-state index contributed by atoms with van der Waals surface area (Å²) in [6.45, 7) is 4.19. The first-order chi connectivity index (χ1) is 7.09. The molecule has 1 fully saturated rings. The molecule has 0 bridgehead atoms. The third kappa shape index (κ3) is 1.59. The molecule has 0 aliphatic heterocycles. The summed E-state index contributed by atoms with van der Waals surface area (Å²) in [6, 6.07) is 9.32. The average molecular weight is 204 g/mol. The summed E-state index contributed by atoms with van der Waals surface area (Å²) in [6.07, 6.45) is 0. The van der Waals surface area contributed by atoms with Crippen LogP contribution < -0.4 is 0 Å². The smallest absolute Gasteiger partial charge is 0.166 e. The second-order valence-electron chi connectivity index (χ2n) is 4.82. The minimum Gasteiger partial charge on any atom is -0.396 e. The van der Waals surface area contributed by atoms with Crippen LogP contribution in [0.25, 0.3) is 0 Å². The molecule has 1 aliphatic carbocycles. The van der Waals surface area contributed by atoms with Gasteiger partial charge in [0.1, 0.15) is 0 Å². The van der Waals surface area contributed by atoms with Gasteiger partial charge in [0, 0.05) is 18.1 Å². The maximum Gasteiger partial charge on any atom is 0.166 e. The third-order valence-electron chi connectivity index (χ3n) is 3.59. The molecule has 1 N–H and O–H groups in total. The molecule has 0 radical (unpaired) electrons. The van der Waals surface area contributed by atoms with Gasteiger partial charge in [-0.3, -0.25) is 4.79 Å². The zero-order valence-electron chi connectivity index (χ0n) is 9.10. The summed E-state index contributed by atoms with van der Waals surface area (Å²) in [5.41, 5.74) is 0.716. The molecule has 2 heteroatoms. The van der Waals surface area contributed by atoms with E-state index in [0.29, 0.717) is 0 Å². The number of aliphatic hydroxyl groups is 1. The van der Waals surface area contributed by atoms with Crippen molar-refractivity contribution in [2.45, 2.75) is 13.8 Å². The molecule has 15 heavy (non-hydrogen) atoms. The van der Waals surface area contributed by atoms with Gasteiger partial charge in [0.15, 0.2) is 5.78 Å². The molecule has 0 unspecified atom stereocenters. The molecule has 2 atom stereocenters. The van der Waals surface area contributed by atoms with Gasteiger partial charge < -0.3 is 5.11 Å². The summed E-state index contributed by atoms with van der Waals surface area (Å²) in [4.78, 5) is 12.1. The Balaban J connectivity index is 2.18. The average Bonchev–Trinajstić information content (AvgIpc) is 2.80. The van der Waals surface area contributed by atoms with Gasteiger partial charge in [0.05, 0.1) is 0 Å². The highest BCUT2D eigenvalue weighted by molar-refractivity contribution is 6.00. The highest BCUT2D eigenvalue weighted by atomic mass is 16.3. The van der Waals surface area contributed by atoms with Gasteiger partial charge in [-0.15, -0.1) is 0 Å². The van der Waals surface area contributed by atoms with Gasteiger partial charge in [-0.1, -0.05) is 44.2 Å². The largest absolute Gasteiger partial charge is 0.396 e. The number of carbonyl (C=O) groups excluding carboxylic acids is 1. The summed E-state index contributed by atoms with van der Waals surface area (Å²) in [7, 11) is 0. The quantitative estimate of drug-likeness (QED) is 0.766. The molecule has 0 amide bonds. The molecule has 0 aromatic heterocycles. The van der Waals surface area contributed by atoms with E-state index in [-0.39, 0.29) is 29.6 Å². The zero-order chi connectivity index (χ0) is 11.1. The fraction of sp³-hybridized carbons (Fsp3) is 0.462. The normalized spacial score (nSPS) is 27.4. The van der Waals surface area contributed by atoms with Gasteiger partial charge in [-0.05, 0) is 11.3 Å². The van der Waals surface area contributed by atoms with Crippen molar-refractivity contribution < 1.29 is 9.90 Å². The number of rotatable bonds is 3. The van der Waals surface area contributed by atoms with E-state index in [1.807, 2.05) is 44.2 Å². The summed E-state index contributed by atoms with van der Waals surface area (Å²) >= 11 is 0. The van der Waals surface area contributed by atoms with Crippen LogP contribution in [0.15, 0.2) is 30.3 Å². The number of ketones is 1. The number of hydrogen-bond acceptors (Lipinski definition) is 2. The Morgan fingerprint density at radius 1 is 1.33 bits per heavy atom. The molecule has 1 saturated carbocycles. The molecule has 2 nitrogen and oxygen atoms in total. The van der Waals surface area contributed by atoms with Crippen molar-refractivity contribution in [1.29, 1.82) is 0 Å². The Hall–Kier alpha value is -1.15. The van der Waals surface area contributed by atoms with E-state index >= 15 is 0 Å². The Labute approximate surface area is 89.9 Å². The van der Waals surface area contributed by atoms with Crippen LogP contribution in [0.3, 0.4) is 0 Å². The first-order valence-electron chi connectivity index (χ1n) is 5.29. The van der Waals surface area contributed by atoms with E-state index in [9.17, 15) is 4.79 Å². The SMILES string of the molecule is CC1(C)[C@H](C(=O)c2ccccc2)[C@@H]1CO. The second kappa shape index (κ2) is 3.46. The lowest BCUT2D eigenvalue weighted by Gasteiger charge is -2.01. The molecule has 1 aromatic rings. The summed E-state index contributed by atoms with van der Waals surface area (Å²) in [5.74, 6) is 0.287. The molecular formula is C13H16O2. The second-order valence-corrected chi connectivity index (χ2v) is 4.82. The van der Waals surface area contributed by atoms with E-state index in [4.69, 9.17) is 5.11 Å². The standard InChI is InChI=1S/C13H16O2/c1-13(2)10(8-14)11(13)12(15)9-6-4-3-5-7-9/h3-7,10-11,14H,8H2,1-2H3/t10-,11-/m0/s1. The van der Waals surface area contributed by atoms with Crippen molar-refractivity contribution >= 4 is 5.78 Å². The van der Waals surface area contributed by atoms with E-state index < -0.39 is 0 Å². The van der Waals surface area contributed by atoms with Crippen molar-refractivity contribution in [3.05, 3.63) is 35.9 Å². The van der Waals surface area contributed by atoms with Crippen LogP contribution in [0.5, 0.6) is 0 Å². The lowest BCUT2D eigenvalue weighted by atomic mass is 10.0. The number of carbonyl (C=O) groups is 1. The fourth-order valence-electron chi connectivity index (χ4n) is 2.39. The van der Waals surface area contributed by atoms with Gasteiger partial charge >= 0.3 is 0 Å². The highest BCUT2D eigenvalue weighted by Crippen LogP contribution is 2.58. The minimum absolute atomic E-state index is 0.00935. The molecule has 0 spiro atoms. The number of benzene rings is 1.